The van der Waals surface area contributed by atoms with Crippen molar-refractivity contribution in [1.82, 2.24) is 14.9 Å². The van der Waals surface area contributed by atoms with Crippen LogP contribution >= 0.6 is 0 Å². The Bertz CT molecular complexity index is 384. The molecule has 1 aromatic rings. The average molecular weight is 226 g/mol. The normalized spacial score (nSPS) is 19.9. The lowest BCUT2D eigenvalue weighted by molar-refractivity contribution is -0.390. The lowest BCUT2D eigenvalue weighted by Gasteiger charge is -2.11. The van der Waals surface area contributed by atoms with Gasteiger partial charge in [-0.25, -0.2) is 0 Å². The number of hydrogen-bond acceptors (Lipinski definition) is 5. The van der Waals surface area contributed by atoms with E-state index in [0.29, 0.717) is 6.61 Å². The third kappa shape index (κ3) is 2.13. The van der Waals surface area contributed by atoms with E-state index in [1.807, 2.05) is 0 Å². The molecule has 0 aromatic carbocycles. The molecule has 7 heteroatoms. The van der Waals surface area contributed by atoms with Crippen LogP contribution in [-0.4, -0.2) is 33.7 Å². The van der Waals surface area contributed by atoms with Crippen molar-refractivity contribution in [3.8, 4) is 5.88 Å². The van der Waals surface area contributed by atoms with Gasteiger partial charge in [0.1, 0.15) is 6.61 Å². The summed E-state index contributed by atoms with van der Waals surface area (Å²) >= 11 is 0. The molecule has 88 valence electrons. The van der Waals surface area contributed by atoms with E-state index >= 15 is 0 Å². The first-order valence-electron chi connectivity index (χ1n) is 5.20. The molecule has 2 rings (SSSR count). The summed E-state index contributed by atoms with van der Waals surface area (Å²) in [5.74, 6) is -0.000744. The number of rotatable bonds is 4. The second-order valence-electron chi connectivity index (χ2n) is 3.85. The van der Waals surface area contributed by atoms with Gasteiger partial charge in [-0.15, -0.1) is 0 Å². The molecule has 1 fully saturated rings. The molecule has 2 heterocycles. The number of hydrogen-bond donors (Lipinski definition) is 1. The fourth-order valence-corrected chi connectivity index (χ4v) is 1.78. The van der Waals surface area contributed by atoms with Crippen LogP contribution in [0.1, 0.15) is 12.8 Å². The Morgan fingerprint density at radius 3 is 3.25 bits per heavy atom. The smallest absolute Gasteiger partial charge is 0.426 e. The van der Waals surface area contributed by atoms with Crippen LogP contribution in [-0.2, 0) is 7.05 Å². The Balaban J connectivity index is 2.02. The minimum atomic E-state index is -0.530. The number of nitrogens with zero attached hydrogens (tertiary/aromatic N) is 3. The molecular weight excluding hydrogens is 212 g/mol. The van der Waals surface area contributed by atoms with Gasteiger partial charge >= 0.3 is 5.82 Å². The van der Waals surface area contributed by atoms with E-state index in [1.165, 1.54) is 10.9 Å². The number of ether oxygens (including phenoxy) is 1. The Morgan fingerprint density at radius 2 is 2.62 bits per heavy atom. The molecule has 1 aromatic heterocycles. The molecule has 0 amide bonds. The quantitative estimate of drug-likeness (QED) is 0.595. The van der Waals surface area contributed by atoms with E-state index in [4.69, 9.17) is 4.74 Å². The van der Waals surface area contributed by atoms with Gasteiger partial charge < -0.3 is 20.2 Å². The van der Waals surface area contributed by atoms with Crippen molar-refractivity contribution in [2.75, 3.05) is 13.2 Å². The van der Waals surface area contributed by atoms with Crippen molar-refractivity contribution in [2.45, 2.75) is 18.9 Å². The van der Waals surface area contributed by atoms with E-state index in [-0.39, 0.29) is 17.7 Å². The van der Waals surface area contributed by atoms with Crippen molar-refractivity contribution >= 4 is 5.82 Å². The van der Waals surface area contributed by atoms with E-state index in [0.717, 1.165) is 19.4 Å². The second kappa shape index (κ2) is 4.48. The molecule has 0 bridgehead atoms. The van der Waals surface area contributed by atoms with Crippen LogP contribution in [0.3, 0.4) is 0 Å². The average Bonchev–Trinajstić information content (AvgIpc) is 2.84. The van der Waals surface area contributed by atoms with E-state index in [2.05, 4.69) is 10.3 Å². The maximum atomic E-state index is 10.7. The molecule has 1 atom stereocenters. The number of nitro groups is 1. The fourth-order valence-electron chi connectivity index (χ4n) is 1.78. The molecule has 0 spiro atoms. The zero-order valence-corrected chi connectivity index (χ0v) is 9.05. The highest BCUT2D eigenvalue weighted by molar-refractivity contribution is 5.33. The van der Waals surface area contributed by atoms with Gasteiger partial charge in [-0.1, -0.05) is 0 Å². The summed E-state index contributed by atoms with van der Waals surface area (Å²) in [6, 6.07) is 0.287. The van der Waals surface area contributed by atoms with Crippen molar-refractivity contribution in [1.29, 1.82) is 0 Å². The van der Waals surface area contributed by atoms with Crippen molar-refractivity contribution in [3.05, 3.63) is 16.4 Å². The second-order valence-corrected chi connectivity index (χ2v) is 3.85. The van der Waals surface area contributed by atoms with Crippen LogP contribution in [0.5, 0.6) is 5.88 Å². The van der Waals surface area contributed by atoms with Crippen LogP contribution in [0.4, 0.5) is 5.82 Å². The SMILES string of the molecule is Cn1cnc([N+](=O)[O-])c1OCC1CCCN1. The van der Waals surface area contributed by atoms with Crippen LogP contribution in [0.2, 0.25) is 0 Å². The molecule has 1 N–H and O–H groups in total. The van der Waals surface area contributed by atoms with Gasteiger partial charge in [-0.3, -0.25) is 4.57 Å². The fraction of sp³-hybridized carbons (Fsp3) is 0.667. The first kappa shape index (κ1) is 10.9. The molecule has 0 aliphatic carbocycles. The van der Waals surface area contributed by atoms with Gasteiger partial charge in [0.25, 0.3) is 5.88 Å². The molecular formula is C9H14N4O3. The van der Waals surface area contributed by atoms with Crippen LogP contribution < -0.4 is 10.1 Å². The first-order valence-corrected chi connectivity index (χ1v) is 5.20. The molecule has 0 saturated carbocycles. The Kier molecular flexibility index (Phi) is 3.04. The molecule has 0 radical (unpaired) electrons. The highest BCUT2D eigenvalue weighted by atomic mass is 16.6. The Hall–Kier alpha value is -1.63. The minimum Gasteiger partial charge on any atom is -0.471 e. The third-order valence-electron chi connectivity index (χ3n) is 2.62. The van der Waals surface area contributed by atoms with E-state index < -0.39 is 4.92 Å². The number of nitrogens with one attached hydrogen (secondary N) is 1. The van der Waals surface area contributed by atoms with E-state index in [1.54, 1.807) is 7.05 Å². The zero-order valence-electron chi connectivity index (χ0n) is 9.05. The summed E-state index contributed by atoms with van der Waals surface area (Å²) in [6.45, 7) is 1.43. The van der Waals surface area contributed by atoms with Gasteiger partial charge in [0, 0.05) is 13.1 Å². The number of aryl methyl sites for hydroxylation is 1. The van der Waals surface area contributed by atoms with Gasteiger partial charge in [-0.2, -0.15) is 0 Å². The summed E-state index contributed by atoms with van der Waals surface area (Å²) in [5.41, 5.74) is 0. The lowest BCUT2D eigenvalue weighted by Crippen LogP contribution is -2.28. The zero-order chi connectivity index (χ0) is 11.5. The Morgan fingerprint density at radius 1 is 1.81 bits per heavy atom. The lowest BCUT2D eigenvalue weighted by atomic mass is 10.2. The molecule has 1 unspecified atom stereocenters. The number of imidazole rings is 1. The predicted molar refractivity (Wildman–Crippen MR) is 56.4 cm³/mol. The van der Waals surface area contributed by atoms with Crippen molar-refractivity contribution in [2.24, 2.45) is 7.05 Å². The summed E-state index contributed by atoms with van der Waals surface area (Å²) in [7, 11) is 1.68. The molecule has 16 heavy (non-hydrogen) atoms. The topological polar surface area (TPSA) is 82.2 Å². The summed E-state index contributed by atoms with van der Waals surface area (Å²) in [6.07, 6.45) is 3.56. The van der Waals surface area contributed by atoms with Gasteiger partial charge in [0.15, 0.2) is 0 Å². The van der Waals surface area contributed by atoms with Gasteiger partial charge in [0.2, 0.25) is 6.33 Å². The monoisotopic (exact) mass is 226 g/mol. The summed E-state index contributed by atoms with van der Waals surface area (Å²) in [4.78, 5) is 13.8. The maximum absolute atomic E-state index is 10.7. The molecule has 1 aliphatic heterocycles. The van der Waals surface area contributed by atoms with E-state index in [9.17, 15) is 10.1 Å². The van der Waals surface area contributed by atoms with Crippen molar-refractivity contribution in [3.63, 3.8) is 0 Å². The van der Waals surface area contributed by atoms with Gasteiger partial charge in [-0.05, 0) is 29.3 Å². The van der Waals surface area contributed by atoms with Crippen LogP contribution in [0.15, 0.2) is 6.33 Å². The highest BCUT2D eigenvalue weighted by Gasteiger charge is 2.23. The van der Waals surface area contributed by atoms with Crippen LogP contribution in [0.25, 0.3) is 0 Å². The standard InChI is InChI=1S/C9H14N4O3/c1-12-6-11-8(13(14)15)9(12)16-5-7-3-2-4-10-7/h6-7,10H,2-5H2,1H3. The van der Waals surface area contributed by atoms with Crippen molar-refractivity contribution < 1.29 is 9.66 Å². The molecule has 7 nitrogen and oxygen atoms in total. The minimum absolute atomic E-state index is 0.221. The predicted octanol–water partition coefficient (Wildman–Crippen LogP) is 0.459. The summed E-state index contributed by atoms with van der Waals surface area (Å²) in [5, 5.41) is 13.9. The third-order valence-corrected chi connectivity index (χ3v) is 2.62. The number of aromatic nitrogens is 2. The first-order chi connectivity index (χ1) is 7.68. The highest BCUT2D eigenvalue weighted by Crippen LogP contribution is 2.24. The Labute approximate surface area is 92.6 Å². The maximum Gasteiger partial charge on any atom is 0.426 e. The molecule has 1 aliphatic rings. The van der Waals surface area contributed by atoms with Crippen LogP contribution in [0, 0.1) is 10.1 Å². The molecule has 1 saturated heterocycles. The summed E-state index contributed by atoms with van der Waals surface area (Å²) < 4.78 is 6.97. The largest absolute Gasteiger partial charge is 0.471 e. The van der Waals surface area contributed by atoms with Gasteiger partial charge in [0.05, 0.1) is 0 Å².